The Kier molecular flexibility index (Phi) is 7.18. The second-order valence-electron chi connectivity index (χ2n) is 6.40. The molecule has 0 fully saturated rings. The molecule has 0 saturated carbocycles. The molecule has 28 heavy (non-hydrogen) atoms. The van der Waals surface area contributed by atoms with Crippen LogP contribution in [-0.4, -0.2) is 18.6 Å². The number of nitrogens with one attached hydrogen (secondary N) is 1. The van der Waals surface area contributed by atoms with E-state index in [9.17, 15) is 4.79 Å². The molecule has 3 N–H and O–H groups in total. The van der Waals surface area contributed by atoms with Crippen LogP contribution in [0, 0.1) is 0 Å². The summed E-state index contributed by atoms with van der Waals surface area (Å²) in [5, 5.41) is 2.79. The largest absolute Gasteiger partial charge is 0.489 e. The fraction of sp³-hybridized carbons (Fsp3) is 0.174. The van der Waals surface area contributed by atoms with E-state index in [1.54, 1.807) is 12.1 Å². The number of carbonyl (C=O) groups excluding carboxylic acids is 1. The third-order valence-corrected chi connectivity index (χ3v) is 4.12. The molecule has 1 amide bonds. The minimum absolute atomic E-state index is 0.152. The van der Waals surface area contributed by atoms with Crippen molar-refractivity contribution in [3.05, 3.63) is 96.1 Å². The number of hydrogen-bond donors (Lipinski definition) is 2. The highest BCUT2D eigenvalue weighted by atomic mass is 16.5. The van der Waals surface area contributed by atoms with Crippen LogP contribution in [0.15, 0.2) is 84.9 Å². The lowest BCUT2D eigenvalue weighted by Crippen LogP contribution is -2.39. The summed E-state index contributed by atoms with van der Waals surface area (Å²) in [4.78, 5) is 12.2. The maximum atomic E-state index is 12.2. The Balaban J connectivity index is 1.41. The monoisotopic (exact) mass is 376 g/mol. The minimum Gasteiger partial charge on any atom is -0.489 e. The Labute approximate surface area is 165 Å². The van der Waals surface area contributed by atoms with Crippen LogP contribution in [-0.2, 0) is 22.7 Å². The number of rotatable bonds is 9. The van der Waals surface area contributed by atoms with Crippen LogP contribution >= 0.6 is 0 Å². The van der Waals surface area contributed by atoms with Crippen molar-refractivity contribution >= 4 is 11.6 Å². The van der Waals surface area contributed by atoms with Crippen molar-refractivity contribution in [3.63, 3.8) is 0 Å². The lowest BCUT2D eigenvalue weighted by atomic mass is 10.2. The number of ether oxygens (including phenoxy) is 2. The van der Waals surface area contributed by atoms with Crippen LogP contribution in [0.2, 0.25) is 0 Å². The van der Waals surface area contributed by atoms with Crippen LogP contribution in [0.3, 0.4) is 0 Å². The van der Waals surface area contributed by atoms with Gasteiger partial charge < -0.3 is 20.5 Å². The van der Waals surface area contributed by atoms with Gasteiger partial charge in [0, 0.05) is 5.69 Å². The van der Waals surface area contributed by atoms with Crippen molar-refractivity contribution in [2.45, 2.75) is 19.3 Å². The molecule has 3 rings (SSSR count). The summed E-state index contributed by atoms with van der Waals surface area (Å²) in [5.41, 5.74) is 8.71. The van der Waals surface area contributed by atoms with Crippen LogP contribution in [0.25, 0.3) is 0 Å². The number of carbonyl (C=O) groups is 1. The Morgan fingerprint density at radius 3 is 2.00 bits per heavy atom. The summed E-state index contributed by atoms with van der Waals surface area (Å²) < 4.78 is 11.3. The predicted octanol–water partition coefficient (Wildman–Crippen LogP) is 3.75. The number of anilines is 1. The number of hydrogen-bond acceptors (Lipinski definition) is 4. The van der Waals surface area contributed by atoms with Gasteiger partial charge in [0.2, 0.25) is 5.91 Å². The number of amides is 1. The summed E-state index contributed by atoms with van der Waals surface area (Å²) in [6.45, 7) is 1.07. The summed E-state index contributed by atoms with van der Waals surface area (Å²) in [5.74, 6) is 0.448. The molecule has 0 aromatic heterocycles. The summed E-state index contributed by atoms with van der Waals surface area (Å²) in [7, 11) is 0. The summed E-state index contributed by atoms with van der Waals surface area (Å²) >= 11 is 0. The van der Waals surface area contributed by atoms with E-state index in [-0.39, 0.29) is 12.5 Å². The molecule has 3 aromatic carbocycles. The molecule has 0 heterocycles. The molecule has 0 bridgehead atoms. The zero-order valence-electron chi connectivity index (χ0n) is 15.6. The van der Waals surface area contributed by atoms with E-state index < -0.39 is 6.04 Å². The first-order valence-corrected chi connectivity index (χ1v) is 9.15. The predicted molar refractivity (Wildman–Crippen MR) is 110 cm³/mol. The summed E-state index contributed by atoms with van der Waals surface area (Å²) in [6, 6.07) is 26.2. The van der Waals surface area contributed by atoms with Gasteiger partial charge in [-0.15, -0.1) is 0 Å². The topological polar surface area (TPSA) is 73.6 Å². The van der Waals surface area contributed by atoms with Crippen LogP contribution < -0.4 is 15.8 Å². The Hall–Kier alpha value is -3.15. The van der Waals surface area contributed by atoms with Crippen molar-refractivity contribution in [3.8, 4) is 5.75 Å². The molecule has 0 saturated heterocycles. The maximum Gasteiger partial charge on any atom is 0.243 e. The van der Waals surface area contributed by atoms with Gasteiger partial charge in [0.15, 0.2) is 0 Å². The van der Waals surface area contributed by atoms with Gasteiger partial charge in [-0.05, 0) is 35.4 Å². The Morgan fingerprint density at radius 2 is 1.39 bits per heavy atom. The number of benzene rings is 3. The highest BCUT2D eigenvalue weighted by Crippen LogP contribution is 2.17. The summed E-state index contributed by atoms with van der Waals surface area (Å²) in [6.07, 6.45) is 0. The van der Waals surface area contributed by atoms with Crippen molar-refractivity contribution in [2.24, 2.45) is 5.73 Å². The molecule has 1 atom stereocenters. The van der Waals surface area contributed by atoms with Gasteiger partial charge >= 0.3 is 0 Å². The standard InChI is InChI=1S/C23H24N2O3/c24-22(17-27-15-18-7-3-1-4-8-18)23(26)25-20-11-13-21(14-12-20)28-16-19-9-5-2-6-10-19/h1-14,22H,15-17,24H2,(H,25,26). The normalized spacial score (nSPS) is 11.6. The first-order valence-electron chi connectivity index (χ1n) is 9.15. The van der Waals surface area contributed by atoms with Gasteiger partial charge in [-0.25, -0.2) is 0 Å². The van der Waals surface area contributed by atoms with Gasteiger partial charge in [0.05, 0.1) is 13.2 Å². The van der Waals surface area contributed by atoms with Crippen molar-refractivity contribution < 1.29 is 14.3 Å². The SMILES string of the molecule is NC(COCc1ccccc1)C(=O)Nc1ccc(OCc2ccccc2)cc1. The second kappa shape index (κ2) is 10.3. The fourth-order valence-corrected chi connectivity index (χ4v) is 2.56. The Bertz CT molecular complexity index is 852. The van der Waals surface area contributed by atoms with Crippen molar-refractivity contribution in [2.75, 3.05) is 11.9 Å². The molecule has 0 radical (unpaired) electrons. The van der Waals surface area contributed by atoms with E-state index in [0.29, 0.717) is 18.9 Å². The van der Waals surface area contributed by atoms with Crippen LogP contribution in [0.4, 0.5) is 5.69 Å². The average molecular weight is 376 g/mol. The van der Waals surface area contributed by atoms with E-state index in [2.05, 4.69) is 5.32 Å². The van der Waals surface area contributed by atoms with E-state index in [1.807, 2.05) is 72.8 Å². The molecule has 1 unspecified atom stereocenters. The van der Waals surface area contributed by atoms with Gasteiger partial charge in [-0.3, -0.25) is 4.79 Å². The van der Waals surface area contributed by atoms with Gasteiger partial charge in [0.25, 0.3) is 0 Å². The molecular weight excluding hydrogens is 352 g/mol. The molecule has 5 heteroatoms. The molecule has 0 aliphatic heterocycles. The zero-order chi connectivity index (χ0) is 19.6. The van der Waals surface area contributed by atoms with E-state index in [4.69, 9.17) is 15.2 Å². The molecule has 0 aliphatic rings. The van der Waals surface area contributed by atoms with E-state index in [0.717, 1.165) is 16.9 Å². The minimum atomic E-state index is -0.738. The quantitative estimate of drug-likeness (QED) is 0.597. The lowest BCUT2D eigenvalue weighted by molar-refractivity contribution is -0.118. The zero-order valence-corrected chi connectivity index (χ0v) is 15.6. The smallest absolute Gasteiger partial charge is 0.243 e. The third-order valence-electron chi connectivity index (χ3n) is 4.12. The fourth-order valence-electron chi connectivity index (χ4n) is 2.56. The van der Waals surface area contributed by atoms with E-state index >= 15 is 0 Å². The molecule has 0 aliphatic carbocycles. The van der Waals surface area contributed by atoms with Crippen molar-refractivity contribution in [1.29, 1.82) is 0 Å². The Morgan fingerprint density at radius 1 is 0.821 bits per heavy atom. The van der Waals surface area contributed by atoms with Gasteiger partial charge in [-0.2, -0.15) is 0 Å². The second-order valence-corrected chi connectivity index (χ2v) is 6.40. The highest BCUT2D eigenvalue weighted by Gasteiger charge is 2.14. The highest BCUT2D eigenvalue weighted by molar-refractivity contribution is 5.94. The van der Waals surface area contributed by atoms with Crippen LogP contribution in [0.5, 0.6) is 5.75 Å². The molecule has 5 nitrogen and oxygen atoms in total. The average Bonchev–Trinajstić information content (AvgIpc) is 2.74. The first-order chi connectivity index (χ1) is 13.7. The molecular formula is C23H24N2O3. The van der Waals surface area contributed by atoms with Crippen LogP contribution in [0.1, 0.15) is 11.1 Å². The van der Waals surface area contributed by atoms with E-state index in [1.165, 1.54) is 0 Å². The lowest BCUT2D eigenvalue weighted by Gasteiger charge is -2.13. The third kappa shape index (κ3) is 6.23. The maximum absolute atomic E-state index is 12.2. The van der Waals surface area contributed by atoms with Gasteiger partial charge in [-0.1, -0.05) is 60.7 Å². The molecule has 0 spiro atoms. The van der Waals surface area contributed by atoms with Crippen molar-refractivity contribution in [1.82, 2.24) is 0 Å². The van der Waals surface area contributed by atoms with Gasteiger partial charge in [0.1, 0.15) is 18.4 Å². The molecule has 144 valence electrons. The first kappa shape index (κ1) is 19.6. The molecule has 3 aromatic rings. The number of nitrogens with two attached hydrogens (primary N) is 1.